The summed E-state index contributed by atoms with van der Waals surface area (Å²) in [6.07, 6.45) is 3.54. The van der Waals surface area contributed by atoms with Crippen LogP contribution in [-0.2, 0) is 0 Å². The van der Waals surface area contributed by atoms with Crippen LogP contribution in [0.5, 0.6) is 0 Å². The molecule has 6 rings (SSSR count). The second-order valence-corrected chi connectivity index (χ2v) is 9.87. The summed E-state index contributed by atoms with van der Waals surface area (Å²) < 4.78 is 1.96. The Morgan fingerprint density at radius 2 is 1.82 bits per heavy atom. The van der Waals surface area contributed by atoms with Crippen molar-refractivity contribution >= 4 is 39.5 Å². The summed E-state index contributed by atoms with van der Waals surface area (Å²) in [6.45, 7) is 7.27. The molecule has 2 N–H and O–H groups in total. The summed E-state index contributed by atoms with van der Waals surface area (Å²) >= 11 is 0. The van der Waals surface area contributed by atoms with Crippen LogP contribution in [0.1, 0.15) is 13.8 Å². The number of carbonyl (C=O) groups is 1. The molecule has 0 spiro atoms. The zero-order valence-corrected chi connectivity index (χ0v) is 22.2. The molecule has 1 aliphatic rings. The van der Waals surface area contributed by atoms with Gasteiger partial charge in [-0.3, -0.25) is 9.47 Å². The first-order valence-corrected chi connectivity index (χ1v) is 13.4. The van der Waals surface area contributed by atoms with Crippen LogP contribution in [0.25, 0.3) is 27.6 Å². The van der Waals surface area contributed by atoms with E-state index in [0.29, 0.717) is 19.0 Å². The average molecular weight is 521 g/mol. The number of hydrogen-bond acceptors (Lipinski definition) is 6. The van der Waals surface area contributed by atoms with Crippen molar-refractivity contribution in [2.24, 2.45) is 0 Å². The Bertz CT molecular complexity index is 1610. The van der Waals surface area contributed by atoms with E-state index in [2.05, 4.69) is 51.5 Å². The number of benzene rings is 3. The topological polar surface area (TPSA) is 91.2 Å². The molecule has 198 valence electrons. The summed E-state index contributed by atoms with van der Waals surface area (Å²) in [4.78, 5) is 31.4. The lowest BCUT2D eigenvalue weighted by Crippen LogP contribution is -2.60. The van der Waals surface area contributed by atoms with Gasteiger partial charge >= 0.3 is 6.03 Å². The molecular weight excluding hydrogens is 488 g/mol. The third-order valence-corrected chi connectivity index (χ3v) is 7.53. The van der Waals surface area contributed by atoms with E-state index in [1.165, 1.54) is 0 Å². The summed E-state index contributed by atoms with van der Waals surface area (Å²) in [5.41, 5.74) is 2.74. The highest BCUT2D eigenvalue weighted by molar-refractivity contribution is 6.01. The fourth-order valence-corrected chi connectivity index (χ4v) is 5.42. The third kappa shape index (κ3) is 5.00. The van der Waals surface area contributed by atoms with Crippen molar-refractivity contribution in [3.05, 3.63) is 85.3 Å². The van der Waals surface area contributed by atoms with Crippen LogP contribution in [0.15, 0.2) is 85.3 Å². The lowest BCUT2D eigenvalue weighted by atomic mass is 10.0. The van der Waals surface area contributed by atoms with Crippen LogP contribution in [0.4, 0.5) is 16.4 Å². The predicted octanol–water partition coefficient (Wildman–Crippen LogP) is 5.01. The van der Waals surface area contributed by atoms with E-state index >= 15 is 0 Å². The number of urea groups is 1. The lowest BCUT2D eigenvalue weighted by molar-refractivity contribution is 0.0906. The largest absolute Gasteiger partial charge is 0.350 e. The number of piperazine rings is 1. The number of hydrogen-bond donors (Lipinski definition) is 2. The molecule has 0 radical (unpaired) electrons. The van der Waals surface area contributed by atoms with Gasteiger partial charge in [-0.1, -0.05) is 55.5 Å². The lowest BCUT2D eigenvalue weighted by Gasteiger charge is -2.43. The Morgan fingerprint density at radius 1 is 1.00 bits per heavy atom. The number of nitrogens with one attached hydrogen (secondary N) is 2. The number of carbonyl (C=O) groups excluding carboxylic acids is 1. The van der Waals surface area contributed by atoms with Crippen LogP contribution >= 0.6 is 0 Å². The molecule has 39 heavy (non-hydrogen) atoms. The fourth-order valence-electron chi connectivity index (χ4n) is 5.42. The van der Waals surface area contributed by atoms with Crippen molar-refractivity contribution in [3.8, 4) is 5.82 Å². The minimum Gasteiger partial charge on any atom is -0.350 e. The Morgan fingerprint density at radius 3 is 2.72 bits per heavy atom. The highest BCUT2D eigenvalue weighted by Gasteiger charge is 2.33. The molecular formula is C30H32N8O. The Balaban J connectivity index is 1.17. The molecule has 0 saturated carbocycles. The van der Waals surface area contributed by atoms with Gasteiger partial charge in [0.05, 0.1) is 16.7 Å². The number of aromatic nitrogens is 4. The number of nitrogens with zero attached hydrogens (tertiary/aromatic N) is 6. The second kappa shape index (κ2) is 10.7. The molecule has 1 saturated heterocycles. The van der Waals surface area contributed by atoms with Crippen molar-refractivity contribution in [3.63, 3.8) is 0 Å². The van der Waals surface area contributed by atoms with Gasteiger partial charge in [0, 0.05) is 43.3 Å². The maximum atomic E-state index is 13.4. The Labute approximate surface area is 227 Å². The summed E-state index contributed by atoms with van der Waals surface area (Å²) in [6, 6.07) is 24.0. The Kier molecular flexibility index (Phi) is 6.81. The van der Waals surface area contributed by atoms with Crippen LogP contribution in [0.2, 0.25) is 0 Å². The molecule has 2 atom stereocenters. The van der Waals surface area contributed by atoms with E-state index < -0.39 is 0 Å². The number of rotatable bonds is 6. The third-order valence-electron chi connectivity index (χ3n) is 7.53. The molecule has 0 unspecified atom stereocenters. The van der Waals surface area contributed by atoms with E-state index in [1.807, 2.05) is 70.1 Å². The van der Waals surface area contributed by atoms with Gasteiger partial charge in [0.2, 0.25) is 5.95 Å². The van der Waals surface area contributed by atoms with Crippen LogP contribution < -0.4 is 10.6 Å². The summed E-state index contributed by atoms with van der Waals surface area (Å²) in [5.74, 6) is 1.30. The van der Waals surface area contributed by atoms with Crippen LogP contribution in [0.3, 0.4) is 0 Å². The van der Waals surface area contributed by atoms with Gasteiger partial charge in [-0.25, -0.2) is 14.8 Å². The van der Waals surface area contributed by atoms with Crippen molar-refractivity contribution in [1.29, 1.82) is 0 Å². The first kappa shape index (κ1) is 24.8. The second-order valence-electron chi connectivity index (χ2n) is 9.87. The van der Waals surface area contributed by atoms with Crippen molar-refractivity contribution in [2.75, 3.05) is 36.8 Å². The standard InChI is InChI=1S/C30H32N8O/c1-3-36-17-18-37(30(39)34-24-13-8-10-22-9-4-5-11-23(22)24)19-27(36)21(2)33-29-31-16-15-28(35-29)38-20-32-25-12-6-7-14-26(25)38/h4-16,20-21,27H,3,17-19H2,1-2H3,(H,34,39)(H,31,33,35)/t21-,27-/m0/s1. The zero-order chi connectivity index (χ0) is 26.8. The van der Waals surface area contributed by atoms with Crippen LogP contribution in [0, 0.1) is 0 Å². The minimum atomic E-state index is -0.0791. The molecule has 9 nitrogen and oxygen atoms in total. The molecule has 9 heteroatoms. The van der Waals surface area contributed by atoms with Gasteiger partial charge in [-0.15, -0.1) is 0 Å². The van der Waals surface area contributed by atoms with E-state index in [-0.39, 0.29) is 18.1 Å². The molecule has 2 aromatic heterocycles. The van der Waals surface area contributed by atoms with Gasteiger partial charge in [0.15, 0.2) is 0 Å². The molecule has 0 aliphatic carbocycles. The highest BCUT2D eigenvalue weighted by atomic mass is 16.2. The normalized spacial score (nSPS) is 16.9. The molecule has 3 aromatic carbocycles. The quantitative estimate of drug-likeness (QED) is 0.327. The molecule has 1 fully saturated rings. The number of fused-ring (bicyclic) bond motifs is 2. The summed E-state index contributed by atoms with van der Waals surface area (Å²) in [7, 11) is 0. The molecule has 0 bridgehead atoms. The number of amides is 2. The van der Waals surface area contributed by atoms with E-state index in [0.717, 1.165) is 46.4 Å². The molecule has 3 heterocycles. The van der Waals surface area contributed by atoms with Gasteiger partial charge in [0.25, 0.3) is 0 Å². The number of imidazole rings is 1. The number of likely N-dealkylation sites (N-methyl/N-ethyl adjacent to an activating group) is 1. The SMILES string of the molecule is CCN1CCN(C(=O)Nc2cccc3ccccc23)C[C@H]1[C@H](C)Nc1nccc(-n2cnc3ccccc32)n1. The van der Waals surface area contributed by atoms with Gasteiger partial charge in [-0.05, 0) is 43.1 Å². The number of para-hydroxylation sites is 2. The predicted molar refractivity (Wildman–Crippen MR) is 155 cm³/mol. The maximum Gasteiger partial charge on any atom is 0.321 e. The van der Waals surface area contributed by atoms with Crippen molar-refractivity contribution in [1.82, 2.24) is 29.3 Å². The van der Waals surface area contributed by atoms with E-state index in [4.69, 9.17) is 4.98 Å². The highest BCUT2D eigenvalue weighted by Crippen LogP contribution is 2.24. The van der Waals surface area contributed by atoms with E-state index in [1.54, 1.807) is 12.5 Å². The average Bonchev–Trinajstić information content (AvgIpc) is 3.41. The number of anilines is 2. The van der Waals surface area contributed by atoms with Gasteiger partial charge in [0.1, 0.15) is 12.1 Å². The van der Waals surface area contributed by atoms with Crippen molar-refractivity contribution in [2.45, 2.75) is 25.9 Å². The molecule has 5 aromatic rings. The fraction of sp³-hybridized carbons (Fsp3) is 0.267. The minimum absolute atomic E-state index is 0.00730. The van der Waals surface area contributed by atoms with Crippen molar-refractivity contribution < 1.29 is 4.79 Å². The maximum absolute atomic E-state index is 13.4. The Hall–Kier alpha value is -4.50. The first-order chi connectivity index (χ1) is 19.1. The van der Waals surface area contributed by atoms with Gasteiger partial charge < -0.3 is 15.5 Å². The smallest absolute Gasteiger partial charge is 0.321 e. The molecule has 2 amide bonds. The monoisotopic (exact) mass is 520 g/mol. The van der Waals surface area contributed by atoms with E-state index in [9.17, 15) is 4.79 Å². The summed E-state index contributed by atoms with van der Waals surface area (Å²) in [5, 5.41) is 8.79. The molecule has 1 aliphatic heterocycles. The van der Waals surface area contributed by atoms with Gasteiger partial charge in [-0.2, -0.15) is 4.98 Å². The van der Waals surface area contributed by atoms with Crippen LogP contribution in [-0.4, -0.2) is 73.6 Å². The zero-order valence-electron chi connectivity index (χ0n) is 22.2. The first-order valence-electron chi connectivity index (χ1n) is 13.4.